The summed E-state index contributed by atoms with van der Waals surface area (Å²) in [4.78, 5) is 28.3. The molecule has 0 amide bonds. The summed E-state index contributed by atoms with van der Waals surface area (Å²) >= 11 is 6.00. The second kappa shape index (κ2) is 17.2. The van der Waals surface area contributed by atoms with Gasteiger partial charge in [0.25, 0.3) is 0 Å². The molecule has 0 saturated heterocycles. The van der Waals surface area contributed by atoms with Gasteiger partial charge in [-0.3, -0.25) is 0 Å². The summed E-state index contributed by atoms with van der Waals surface area (Å²) in [5.41, 5.74) is 4.74. The van der Waals surface area contributed by atoms with Gasteiger partial charge in [0.15, 0.2) is 0 Å². The van der Waals surface area contributed by atoms with Gasteiger partial charge >= 0.3 is 5.97 Å². The zero-order chi connectivity index (χ0) is 31.0. The number of carbonyl (C=O) groups excluding carboxylic acids is 1. The first-order chi connectivity index (χ1) is 20.9. The highest BCUT2D eigenvalue weighted by Crippen LogP contribution is 2.22. The molecule has 0 aliphatic carbocycles. The first-order valence-corrected chi connectivity index (χ1v) is 13.6. The molecular weight excluding hydrogens is 574 g/mol. The second-order valence-corrected chi connectivity index (χ2v) is 9.20. The van der Waals surface area contributed by atoms with Crippen molar-refractivity contribution in [1.29, 1.82) is 0 Å². The van der Waals surface area contributed by atoms with E-state index in [9.17, 15) is 4.79 Å². The van der Waals surface area contributed by atoms with E-state index >= 15 is 0 Å². The number of nitrogens with zero attached hydrogens (tertiary/aromatic N) is 3. The van der Waals surface area contributed by atoms with Crippen molar-refractivity contribution in [2.24, 2.45) is 15.5 Å². The molecule has 0 saturated carbocycles. The molecule has 0 aliphatic heterocycles. The Morgan fingerprint density at radius 2 is 1.56 bits per heavy atom. The van der Waals surface area contributed by atoms with Crippen LogP contribution in [0.2, 0.25) is 5.02 Å². The molecule has 43 heavy (non-hydrogen) atoms. The lowest BCUT2D eigenvalue weighted by Gasteiger charge is -2.12. The quantitative estimate of drug-likeness (QED) is 0.0659. The predicted octanol–water partition coefficient (Wildman–Crippen LogP) is 6.26. The van der Waals surface area contributed by atoms with Gasteiger partial charge in [0.05, 0.1) is 20.5 Å². The van der Waals surface area contributed by atoms with Crippen molar-refractivity contribution in [3.8, 4) is 5.75 Å². The van der Waals surface area contributed by atoms with Crippen molar-refractivity contribution in [1.82, 2.24) is 0 Å². The highest BCUT2D eigenvalue weighted by molar-refractivity contribution is 6.47. The molecule has 0 radical (unpaired) electrons. The summed E-state index contributed by atoms with van der Waals surface area (Å²) in [5.74, 6) is 0.0879. The summed E-state index contributed by atoms with van der Waals surface area (Å²) in [5, 5.41) is 13.2. The van der Waals surface area contributed by atoms with E-state index < -0.39 is 5.97 Å². The number of methoxy groups -OCH3 is 2. The average molecular weight is 608 g/mol. The smallest absolute Gasteiger partial charge is 0.341 e. The molecule has 10 nitrogen and oxygen atoms in total. The molecule has 0 heterocycles. The normalized spacial score (nSPS) is 12.4. The van der Waals surface area contributed by atoms with Crippen molar-refractivity contribution in [3.05, 3.63) is 106 Å². The molecule has 0 aliphatic rings. The molecule has 0 aromatic heterocycles. The Morgan fingerprint density at radius 1 is 0.860 bits per heavy atom. The second-order valence-electron chi connectivity index (χ2n) is 8.76. The molecule has 0 bridgehead atoms. The third-order valence-corrected chi connectivity index (χ3v) is 6.13. The lowest BCUT2D eigenvalue weighted by Crippen LogP contribution is -2.15. The minimum atomic E-state index is -0.528. The van der Waals surface area contributed by atoms with E-state index in [0.717, 1.165) is 11.1 Å². The van der Waals surface area contributed by atoms with Crippen molar-refractivity contribution in [2.75, 3.05) is 34.5 Å². The number of rotatable bonds is 15. The Bertz CT molecular complexity index is 1470. The number of benzene rings is 3. The van der Waals surface area contributed by atoms with Gasteiger partial charge in [-0.25, -0.2) is 4.79 Å². The van der Waals surface area contributed by atoms with Gasteiger partial charge < -0.3 is 28.7 Å². The van der Waals surface area contributed by atoms with Crippen LogP contribution in [0.15, 0.2) is 94.5 Å². The molecular formula is C32H34ClN3O7. The zero-order valence-corrected chi connectivity index (χ0v) is 25.5. The fourth-order valence-electron chi connectivity index (χ4n) is 3.83. The van der Waals surface area contributed by atoms with Gasteiger partial charge in [0.1, 0.15) is 55.4 Å². The number of esters is 1. The van der Waals surface area contributed by atoms with Crippen molar-refractivity contribution < 1.29 is 33.5 Å². The number of carbonyl (C=O) groups is 1. The van der Waals surface area contributed by atoms with Crippen molar-refractivity contribution in [3.63, 3.8) is 0 Å². The van der Waals surface area contributed by atoms with Crippen LogP contribution in [0.1, 0.15) is 36.1 Å². The van der Waals surface area contributed by atoms with Crippen molar-refractivity contribution >= 4 is 40.3 Å². The number of hydrogen-bond donors (Lipinski definition) is 0. The molecule has 3 aromatic carbocycles. The maximum absolute atomic E-state index is 12.3. The minimum Gasteiger partial charge on any atom is -0.503 e. The highest BCUT2D eigenvalue weighted by atomic mass is 35.5. The van der Waals surface area contributed by atoms with Crippen LogP contribution in [0.25, 0.3) is 5.57 Å². The van der Waals surface area contributed by atoms with Gasteiger partial charge in [-0.2, -0.15) is 0 Å². The molecule has 226 valence electrons. The standard InChI is InChI=1S/C32H34ClN3O7/c1-6-42-36-31(22(2)34-43-19-25-9-7-8-10-28(25)29(20-38-3)32(37)39-4)24-13-17-27(18-14-24)41-21-30(35-40-5)23-11-15-26(33)16-12-23/h7-18,20H,6,19,21H2,1-5H3. The molecule has 0 N–H and O–H groups in total. The third kappa shape index (κ3) is 9.61. The molecule has 3 rings (SSSR count). The van der Waals surface area contributed by atoms with Crippen LogP contribution in [0, 0.1) is 0 Å². The lowest BCUT2D eigenvalue weighted by atomic mass is 10.0. The number of hydrogen-bond acceptors (Lipinski definition) is 10. The highest BCUT2D eigenvalue weighted by Gasteiger charge is 2.17. The Morgan fingerprint density at radius 3 is 2.21 bits per heavy atom. The molecule has 0 fully saturated rings. The van der Waals surface area contributed by atoms with E-state index in [1.807, 2.05) is 61.5 Å². The van der Waals surface area contributed by atoms with Crippen LogP contribution in [-0.4, -0.2) is 57.6 Å². The lowest BCUT2D eigenvalue weighted by molar-refractivity contribution is -0.133. The maximum Gasteiger partial charge on any atom is 0.341 e. The maximum atomic E-state index is 12.3. The first-order valence-electron chi connectivity index (χ1n) is 13.3. The topological polar surface area (TPSA) is 110 Å². The molecule has 3 aromatic rings. The first kappa shape index (κ1) is 32.7. The zero-order valence-electron chi connectivity index (χ0n) is 24.7. The third-order valence-electron chi connectivity index (χ3n) is 5.88. The van der Waals surface area contributed by atoms with Gasteiger partial charge in [0, 0.05) is 21.7 Å². The summed E-state index contributed by atoms with van der Waals surface area (Å²) in [7, 11) is 4.25. The SMILES string of the molecule is CCON=C(C(C)=NOCc1ccccc1C(=COC)C(=O)OC)c1ccc(OCC(=NOC)c2ccc(Cl)cc2)cc1. The van der Waals surface area contributed by atoms with Gasteiger partial charge in [-0.15, -0.1) is 0 Å². The van der Waals surface area contributed by atoms with E-state index in [-0.39, 0.29) is 18.8 Å². The van der Waals surface area contributed by atoms with Crippen LogP contribution >= 0.6 is 11.6 Å². The number of halogens is 1. The van der Waals surface area contributed by atoms with E-state index in [1.165, 1.54) is 27.6 Å². The monoisotopic (exact) mass is 607 g/mol. The van der Waals surface area contributed by atoms with E-state index in [2.05, 4.69) is 15.5 Å². The van der Waals surface area contributed by atoms with E-state index in [4.69, 9.17) is 40.3 Å². The van der Waals surface area contributed by atoms with Gasteiger partial charge in [-0.1, -0.05) is 63.5 Å². The minimum absolute atomic E-state index is 0.0826. The molecule has 0 spiro atoms. The Balaban J connectivity index is 1.74. The van der Waals surface area contributed by atoms with Crippen LogP contribution in [-0.2, 0) is 35.4 Å². The van der Waals surface area contributed by atoms with Crippen LogP contribution in [0.5, 0.6) is 5.75 Å². The molecule has 0 atom stereocenters. The van der Waals surface area contributed by atoms with E-state index in [0.29, 0.717) is 45.6 Å². The fraction of sp³-hybridized carbons (Fsp3) is 0.250. The van der Waals surface area contributed by atoms with Crippen LogP contribution in [0.3, 0.4) is 0 Å². The average Bonchev–Trinajstić information content (AvgIpc) is 3.03. The molecule has 0 unspecified atom stereocenters. The summed E-state index contributed by atoms with van der Waals surface area (Å²) in [6.45, 7) is 4.24. The summed E-state index contributed by atoms with van der Waals surface area (Å²) < 4.78 is 15.9. The van der Waals surface area contributed by atoms with E-state index in [1.54, 1.807) is 25.1 Å². The van der Waals surface area contributed by atoms with Gasteiger partial charge in [-0.05, 0) is 55.8 Å². The number of oxime groups is 3. The van der Waals surface area contributed by atoms with Gasteiger partial charge in [0.2, 0.25) is 0 Å². The largest absolute Gasteiger partial charge is 0.503 e. The Kier molecular flexibility index (Phi) is 13.1. The Labute approximate surface area is 256 Å². The van der Waals surface area contributed by atoms with Crippen LogP contribution in [0.4, 0.5) is 0 Å². The Hall–Kier alpha value is -4.83. The fourth-order valence-corrected chi connectivity index (χ4v) is 3.96. The molecule has 11 heteroatoms. The van der Waals surface area contributed by atoms with Crippen LogP contribution < -0.4 is 4.74 Å². The number of ether oxygens (including phenoxy) is 3. The van der Waals surface area contributed by atoms with Crippen molar-refractivity contribution in [2.45, 2.75) is 20.5 Å². The summed E-state index contributed by atoms with van der Waals surface area (Å²) in [6, 6.07) is 21.8. The predicted molar refractivity (Wildman–Crippen MR) is 166 cm³/mol. The summed E-state index contributed by atoms with van der Waals surface area (Å²) in [6.07, 6.45) is 1.34.